The summed E-state index contributed by atoms with van der Waals surface area (Å²) in [5.41, 5.74) is 2.28. The van der Waals surface area contributed by atoms with Gasteiger partial charge in [0, 0.05) is 6.07 Å². The van der Waals surface area contributed by atoms with Gasteiger partial charge < -0.3 is 5.21 Å². The van der Waals surface area contributed by atoms with E-state index in [1.54, 1.807) is 0 Å². The third-order valence-electron chi connectivity index (χ3n) is 4.41. The molecule has 2 aromatic rings. The zero-order valence-corrected chi connectivity index (χ0v) is 12.2. The van der Waals surface area contributed by atoms with Crippen LogP contribution in [0.5, 0.6) is 0 Å². The lowest BCUT2D eigenvalue weighted by atomic mass is 9.86. The third kappa shape index (κ3) is 3.18. The van der Waals surface area contributed by atoms with Gasteiger partial charge in [0.05, 0.1) is 5.69 Å². The predicted octanol–water partition coefficient (Wildman–Crippen LogP) is 3.88. The average Bonchev–Trinajstić information content (AvgIpc) is 2.53. The Kier molecular flexibility index (Phi) is 4.09. The van der Waals surface area contributed by atoms with Crippen molar-refractivity contribution in [3.8, 4) is 11.1 Å². The summed E-state index contributed by atoms with van der Waals surface area (Å²) < 4.78 is 0.820. The Hall–Kier alpha value is -2.03. The highest BCUT2D eigenvalue weighted by Crippen LogP contribution is 2.27. The molecule has 1 N–H and O–H groups in total. The molecule has 0 amide bonds. The van der Waals surface area contributed by atoms with E-state index in [9.17, 15) is 10.0 Å². The highest BCUT2D eigenvalue weighted by Gasteiger charge is 2.17. The van der Waals surface area contributed by atoms with Gasteiger partial charge in [-0.05, 0) is 29.5 Å². The fraction of sp³-hybridized carbons (Fsp3) is 0.389. The summed E-state index contributed by atoms with van der Waals surface area (Å²) in [7, 11) is 0. The molecular weight excluding hydrogens is 262 g/mol. The minimum absolute atomic E-state index is 0.345. The standard InChI is InChI=1S/C18H21NO2/c20-18-13-16(15-9-5-2-6-10-15)12-17(19(18)21)11-14-7-3-1-4-8-14/h2,5-6,9-10,12-14,21H,1,3-4,7-8,11H2. The van der Waals surface area contributed by atoms with Crippen molar-refractivity contribution in [3.05, 3.63) is 58.5 Å². The van der Waals surface area contributed by atoms with E-state index in [0.29, 0.717) is 5.92 Å². The van der Waals surface area contributed by atoms with Crippen LogP contribution in [0.4, 0.5) is 0 Å². The van der Waals surface area contributed by atoms with E-state index in [1.807, 2.05) is 36.4 Å². The molecule has 110 valence electrons. The molecule has 1 fully saturated rings. The number of aromatic nitrogens is 1. The average molecular weight is 283 g/mol. The molecule has 21 heavy (non-hydrogen) atoms. The van der Waals surface area contributed by atoms with Crippen LogP contribution >= 0.6 is 0 Å². The summed E-state index contributed by atoms with van der Waals surface area (Å²) in [6, 6.07) is 13.3. The number of benzene rings is 1. The van der Waals surface area contributed by atoms with Crippen molar-refractivity contribution < 1.29 is 5.21 Å². The van der Waals surface area contributed by atoms with E-state index in [-0.39, 0.29) is 5.56 Å². The fourth-order valence-electron chi connectivity index (χ4n) is 3.25. The molecule has 1 aliphatic carbocycles. The molecule has 0 radical (unpaired) electrons. The second-order valence-electron chi connectivity index (χ2n) is 5.96. The Morgan fingerprint density at radius 3 is 2.43 bits per heavy atom. The summed E-state index contributed by atoms with van der Waals surface area (Å²) >= 11 is 0. The van der Waals surface area contributed by atoms with Gasteiger partial charge in [0.1, 0.15) is 0 Å². The van der Waals surface area contributed by atoms with Crippen LogP contribution in [0, 0.1) is 5.92 Å². The Morgan fingerprint density at radius 1 is 1.00 bits per heavy atom. The summed E-state index contributed by atoms with van der Waals surface area (Å²) in [6.07, 6.45) is 7.02. The lowest BCUT2D eigenvalue weighted by molar-refractivity contribution is 0.160. The molecule has 1 saturated carbocycles. The maximum atomic E-state index is 12.0. The minimum Gasteiger partial charge on any atom is -0.425 e. The van der Waals surface area contributed by atoms with Crippen molar-refractivity contribution in [2.75, 3.05) is 0 Å². The highest BCUT2D eigenvalue weighted by atomic mass is 16.5. The first-order valence-corrected chi connectivity index (χ1v) is 7.75. The van der Waals surface area contributed by atoms with Gasteiger partial charge in [0.25, 0.3) is 5.56 Å². The third-order valence-corrected chi connectivity index (χ3v) is 4.41. The first-order valence-electron chi connectivity index (χ1n) is 7.75. The van der Waals surface area contributed by atoms with Crippen molar-refractivity contribution in [1.82, 2.24) is 4.73 Å². The number of hydrogen-bond donors (Lipinski definition) is 1. The number of rotatable bonds is 3. The van der Waals surface area contributed by atoms with Crippen LogP contribution < -0.4 is 5.56 Å². The fourth-order valence-corrected chi connectivity index (χ4v) is 3.25. The predicted molar refractivity (Wildman–Crippen MR) is 83.6 cm³/mol. The van der Waals surface area contributed by atoms with Crippen LogP contribution in [-0.4, -0.2) is 9.94 Å². The molecule has 3 nitrogen and oxygen atoms in total. The summed E-state index contributed by atoms with van der Waals surface area (Å²) in [6.45, 7) is 0. The molecule has 0 saturated heterocycles. The largest absolute Gasteiger partial charge is 0.425 e. The van der Waals surface area contributed by atoms with Crippen molar-refractivity contribution in [1.29, 1.82) is 0 Å². The molecule has 3 rings (SSSR count). The molecule has 0 unspecified atom stereocenters. The van der Waals surface area contributed by atoms with E-state index < -0.39 is 0 Å². The SMILES string of the molecule is O=c1cc(-c2ccccc2)cc(CC2CCCCC2)n1O. The molecule has 0 bridgehead atoms. The lowest BCUT2D eigenvalue weighted by Gasteiger charge is -2.22. The van der Waals surface area contributed by atoms with Crippen LogP contribution in [0.3, 0.4) is 0 Å². The molecule has 0 atom stereocenters. The molecular formula is C18H21NO2. The summed E-state index contributed by atoms with van der Waals surface area (Å²) in [4.78, 5) is 12.0. The van der Waals surface area contributed by atoms with Crippen molar-refractivity contribution >= 4 is 0 Å². The Bertz CT molecular complexity index is 655. The molecule has 0 spiro atoms. The lowest BCUT2D eigenvalue weighted by Crippen LogP contribution is -2.23. The molecule has 1 heterocycles. The smallest absolute Gasteiger partial charge is 0.283 e. The first-order chi connectivity index (χ1) is 10.2. The zero-order chi connectivity index (χ0) is 14.7. The topological polar surface area (TPSA) is 42.2 Å². The van der Waals surface area contributed by atoms with Crippen molar-refractivity contribution in [2.24, 2.45) is 5.92 Å². The number of hydrogen-bond acceptors (Lipinski definition) is 2. The molecule has 0 aliphatic heterocycles. The van der Waals surface area contributed by atoms with Gasteiger partial charge >= 0.3 is 0 Å². The first kappa shape index (κ1) is 13.9. The summed E-state index contributed by atoms with van der Waals surface area (Å²) in [5.74, 6) is 0.586. The van der Waals surface area contributed by atoms with Crippen molar-refractivity contribution in [3.63, 3.8) is 0 Å². The van der Waals surface area contributed by atoms with Crippen LogP contribution in [0.2, 0.25) is 0 Å². The van der Waals surface area contributed by atoms with E-state index >= 15 is 0 Å². The van der Waals surface area contributed by atoms with Gasteiger partial charge in [-0.3, -0.25) is 4.79 Å². The van der Waals surface area contributed by atoms with E-state index in [4.69, 9.17) is 0 Å². The van der Waals surface area contributed by atoms with E-state index in [1.165, 1.54) is 38.2 Å². The van der Waals surface area contributed by atoms with Crippen LogP contribution in [0.15, 0.2) is 47.3 Å². The van der Waals surface area contributed by atoms with Gasteiger partial charge in [-0.1, -0.05) is 62.4 Å². The second-order valence-corrected chi connectivity index (χ2v) is 5.96. The number of nitrogens with zero attached hydrogens (tertiary/aromatic N) is 1. The molecule has 3 heteroatoms. The van der Waals surface area contributed by atoms with Crippen LogP contribution in [0.25, 0.3) is 11.1 Å². The normalized spacial score (nSPS) is 16.0. The zero-order valence-electron chi connectivity index (χ0n) is 12.2. The Morgan fingerprint density at radius 2 is 1.71 bits per heavy atom. The molecule has 1 aromatic carbocycles. The van der Waals surface area contributed by atoms with Crippen molar-refractivity contribution in [2.45, 2.75) is 38.5 Å². The van der Waals surface area contributed by atoms with Crippen LogP contribution in [0.1, 0.15) is 37.8 Å². The number of pyridine rings is 1. The van der Waals surface area contributed by atoms with Gasteiger partial charge in [0.2, 0.25) is 0 Å². The van der Waals surface area contributed by atoms with Gasteiger partial charge in [-0.2, -0.15) is 4.73 Å². The molecule has 1 aliphatic rings. The van der Waals surface area contributed by atoms with Gasteiger partial charge in [0.15, 0.2) is 0 Å². The monoisotopic (exact) mass is 283 g/mol. The van der Waals surface area contributed by atoms with Gasteiger partial charge in [-0.25, -0.2) is 0 Å². The Balaban J connectivity index is 1.92. The maximum Gasteiger partial charge on any atom is 0.283 e. The van der Waals surface area contributed by atoms with Gasteiger partial charge in [-0.15, -0.1) is 0 Å². The van der Waals surface area contributed by atoms with E-state index in [2.05, 4.69) is 0 Å². The highest BCUT2D eigenvalue weighted by molar-refractivity contribution is 5.63. The molecule has 1 aromatic heterocycles. The van der Waals surface area contributed by atoms with E-state index in [0.717, 1.165) is 28.0 Å². The van der Waals surface area contributed by atoms with Crippen LogP contribution in [-0.2, 0) is 6.42 Å². The maximum absolute atomic E-state index is 12.0. The quantitative estimate of drug-likeness (QED) is 0.869. The second kappa shape index (κ2) is 6.17. The summed E-state index contributed by atoms with van der Waals surface area (Å²) in [5, 5.41) is 10.0. The Labute approximate surface area is 124 Å². The minimum atomic E-state index is -0.345.